The van der Waals surface area contributed by atoms with Crippen molar-refractivity contribution in [1.82, 2.24) is 19.1 Å². The molecule has 0 N–H and O–H groups in total. The van der Waals surface area contributed by atoms with Gasteiger partial charge in [0, 0.05) is 47.6 Å². The lowest BCUT2D eigenvalue weighted by molar-refractivity contribution is 0.722. The van der Waals surface area contributed by atoms with Gasteiger partial charge in [-0.2, -0.15) is 10.5 Å². The van der Waals surface area contributed by atoms with E-state index in [9.17, 15) is 10.5 Å². The number of imidazole rings is 2. The van der Waals surface area contributed by atoms with E-state index in [0.29, 0.717) is 11.1 Å². The number of benzene rings is 15. The molecule has 15 aromatic carbocycles. The van der Waals surface area contributed by atoms with Crippen molar-refractivity contribution in [3.05, 3.63) is 395 Å². The molecule has 8 heteroatoms. The van der Waals surface area contributed by atoms with E-state index in [0.717, 1.165) is 123 Å². The van der Waals surface area contributed by atoms with E-state index in [2.05, 4.69) is 337 Å². The first-order valence-electron chi connectivity index (χ1n) is 35.0. The van der Waals surface area contributed by atoms with Crippen molar-refractivity contribution in [3.8, 4) is 113 Å². The molecule has 0 bridgehead atoms. The van der Waals surface area contributed by atoms with Crippen LogP contribution in [0.15, 0.2) is 359 Å². The van der Waals surface area contributed by atoms with Gasteiger partial charge < -0.3 is 0 Å². The molecule has 0 radical (unpaired) electrons. The Hall–Kier alpha value is -13.1. The second-order valence-corrected chi connectivity index (χ2v) is 29.4. The topological polar surface area (TPSA) is 83.2 Å². The Bertz CT molecular complexity index is 6560. The largest absolute Gasteiger partial charge is 0.292 e. The third kappa shape index (κ3) is 8.65. The Morgan fingerprint density at radius 3 is 1.38 bits per heavy atom. The van der Waals surface area contributed by atoms with E-state index in [4.69, 9.17) is 9.97 Å². The molecule has 0 saturated heterocycles. The summed E-state index contributed by atoms with van der Waals surface area (Å²) in [5.41, 5.74) is 30.7. The van der Waals surface area contributed by atoms with Crippen LogP contribution in [0.4, 0.5) is 0 Å². The molecule has 2 aliphatic heterocycles. The molecule has 2 aromatic heterocycles. The molecule has 0 saturated carbocycles. The van der Waals surface area contributed by atoms with Crippen LogP contribution in [0.2, 0.25) is 0 Å². The van der Waals surface area contributed by atoms with Crippen LogP contribution < -0.4 is 0 Å². The van der Waals surface area contributed by atoms with Crippen molar-refractivity contribution in [2.75, 3.05) is 0 Å². The molecule has 0 fully saturated rings. The number of rotatable bonds is 8. The quantitative estimate of drug-likeness (QED) is 0.151. The van der Waals surface area contributed by atoms with Gasteiger partial charge in [0.25, 0.3) is 0 Å². The fourth-order valence-electron chi connectivity index (χ4n) is 17.7. The zero-order valence-corrected chi connectivity index (χ0v) is 57.5. The number of hydrogen-bond acceptors (Lipinski definition) is 6. The Morgan fingerprint density at radius 2 is 0.721 bits per heavy atom. The fourth-order valence-corrected chi connectivity index (χ4v) is 20.2. The summed E-state index contributed by atoms with van der Waals surface area (Å²) in [6.07, 6.45) is 0. The van der Waals surface area contributed by atoms with Crippen molar-refractivity contribution in [1.29, 1.82) is 10.5 Å². The molecule has 0 amide bonds. The number of aromatic nitrogens is 4. The number of fused-ring (bicyclic) bond motifs is 20. The maximum Gasteiger partial charge on any atom is 0.145 e. The van der Waals surface area contributed by atoms with Crippen LogP contribution >= 0.6 is 23.5 Å². The summed E-state index contributed by atoms with van der Waals surface area (Å²) in [6, 6.07) is 128. The first-order chi connectivity index (χ1) is 51.5. The summed E-state index contributed by atoms with van der Waals surface area (Å²) in [5, 5.41) is 20.8. The summed E-state index contributed by atoms with van der Waals surface area (Å²) >= 11 is 3.68. The second-order valence-electron chi connectivity index (χ2n) is 27.2. The van der Waals surface area contributed by atoms with Crippen molar-refractivity contribution in [2.45, 2.75) is 30.4 Å². The van der Waals surface area contributed by atoms with Gasteiger partial charge in [0.05, 0.1) is 56.2 Å². The SMILES string of the molecule is N#Cc1cccc(-c2cccc(-c3cccc4c3-c3cc(-c5nc6ccccc6n5-c5ccccc5)ccc3C43c4ccccc4Sc4c(-c5cccc(-c6nc7ccccc7n6-c6ccc(-c7ccc8c(c7)-c7c(C#N)cccc7C87c8ccccc8Sc8ccccc87)cc6)c5)cccc43)c2)c1. The molecule has 104 heavy (non-hydrogen) atoms. The lowest BCUT2D eigenvalue weighted by Crippen LogP contribution is -2.32. The standard InChI is InChI=1S/C96H56N6S2/c97-57-59-20-14-21-61(52-59)62-22-15-23-64(53-62)71-29-18-35-81-91(71)74-56-67(94-100-83-37-7-9-39-85(83)101(94)69-27-2-1-3-28-69)47-51-76(74)96(81)79-33-6-13-43-89(79)104-92-72(30-19-36-82(92)96)65-24-16-25-66(54-65)93-99-84-38-8-10-40-86(84)102(93)70-48-44-60(45-49-70)63-46-50-75-73(55-63)90-68(58-98)26-17-34-80(90)95(75)77-31-4-11-41-87(77)103-88-42-12-5-32-78(88)95/h1-56H. The Kier molecular flexibility index (Phi) is 13.4. The first kappa shape index (κ1) is 59.8. The van der Waals surface area contributed by atoms with Gasteiger partial charge in [0.2, 0.25) is 0 Å². The number of nitriles is 2. The normalized spacial score (nSPS) is 14.4. The summed E-state index contributed by atoms with van der Waals surface area (Å²) in [4.78, 5) is 15.8. The van der Waals surface area contributed by atoms with Gasteiger partial charge >= 0.3 is 0 Å². The number of para-hydroxylation sites is 5. The number of hydrogen-bond donors (Lipinski definition) is 0. The van der Waals surface area contributed by atoms with Crippen LogP contribution in [0.25, 0.3) is 123 Å². The highest BCUT2D eigenvalue weighted by atomic mass is 32.2. The highest BCUT2D eigenvalue weighted by Gasteiger charge is 2.53. The minimum absolute atomic E-state index is 0.581. The van der Waals surface area contributed by atoms with Gasteiger partial charge in [0.1, 0.15) is 11.6 Å². The summed E-state index contributed by atoms with van der Waals surface area (Å²) in [7, 11) is 0. The monoisotopic (exact) mass is 1360 g/mol. The van der Waals surface area contributed by atoms with Gasteiger partial charge in [-0.15, -0.1) is 0 Å². The molecular formula is C96H56N6S2. The molecule has 6 nitrogen and oxygen atoms in total. The average Bonchev–Trinajstić information content (AvgIpc) is 1.49. The third-order valence-corrected chi connectivity index (χ3v) is 24.3. The van der Waals surface area contributed by atoms with Crippen LogP contribution in [0.5, 0.6) is 0 Å². The average molecular weight is 1360 g/mol. The molecule has 1 unspecified atom stereocenters. The Balaban J connectivity index is 0.706. The highest BCUT2D eigenvalue weighted by molar-refractivity contribution is 8.00. The summed E-state index contributed by atoms with van der Waals surface area (Å²) in [6.45, 7) is 0. The van der Waals surface area contributed by atoms with Crippen LogP contribution in [0.3, 0.4) is 0 Å². The minimum Gasteiger partial charge on any atom is -0.292 e. The molecule has 2 spiro atoms. The predicted octanol–water partition coefficient (Wildman–Crippen LogP) is 23.8. The van der Waals surface area contributed by atoms with Crippen molar-refractivity contribution < 1.29 is 0 Å². The van der Waals surface area contributed by atoms with E-state index in [1.807, 2.05) is 47.8 Å². The minimum atomic E-state index is -0.748. The highest BCUT2D eigenvalue weighted by Crippen LogP contribution is 2.66. The van der Waals surface area contributed by atoms with Crippen LogP contribution in [-0.4, -0.2) is 19.1 Å². The van der Waals surface area contributed by atoms with Gasteiger partial charge in [-0.1, -0.05) is 254 Å². The van der Waals surface area contributed by atoms with Crippen molar-refractivity contribution in [3.63, 3.8) is 0 Å². The molecule has 4 heterocycles. The first-order valence-corrected chi connectivity index (χ1v) is 36.7. The number of nitrogens with zero attached hydrogens (tertiary/aromatic N) is 6. The van der Waals surface area contributed by atoms with E-state index >= 15 is 0 Å². The molecule has 1 atom stereocenters. The van der Waals surface area contributed by atoms with Crippen LogP contribution in [0.1, 0.15) is 55.6 Å². The summed E-state index contributed by atoms with van der Waals surface area (Å²) < 4.78 is 4.61. The summed E-state index contributed by atoms with van der Waals surface area (Å²) in [5.74, 6) is 1.72. The Labute approximate surface area is 609 Å². The maximum absolute atomic E-state index is 10.8. The van der Waals surface area contributed by atoms with Crippen molar-refractivity contribution in [2.24, 2.45) is 0 Å². The second kappa shape index (κ2) is 23.2. The molecule has 4 aliphatic rings. The fraction of sp³-hybridized carbons (Fsp3) is 0.0208. The van der Waals surface area contributed by atoms with Gasteiger partial charge in [-0.05, 0) is 215 Å². The molecule has 2 aliphatic carbocycles. The van der Waals surface area contributed by atoms with E-state index in [1.165, 1.54) is 64.1 Å². The van der Waals surface area contributed by atoms with Crippen LogP contribution in [-0.2, 0) is 10.8 Å². The van der Waals surface area contributed by atoms with E-state index < -0.39 is 10.8 Å². The Morgan fingerprint density at radius 1 is 0.279 bits per heavy atom. The predicted molar refractivity (Wildman–Crippen MR) is 421 cm³/mol. The van der Waals surface area contributed by atoms with Gasteiger partial charge in [-0.25, -0.2) is 9.97 Å². The lowest BCUT2D eigenvalue weighted by Gasteiger charge is -2.40. The lowest BCUT2D eigenvalue weighted by atomic mass is 9.66. The molecular weight excluding hydrogens is 1300 g/mol. The van der Waals surface area contributed by atoms with E-state index in [-0.39, 0.29) is 0 Å². The molecule has 21 rings (SSSR count). The van der Waals surface area contributed by atoms with Crippen molar-refractivity contribution >= 4 is 45.6 Å². The third-order valence-electron chi connectivity index (χ3n) is 22.0. The molecule has 482 valence electrons. The maximum atomic E-state index is 10.8. The smallest absolute Gasteiger partial charge is 0.145 e. The van der Waals surface area contributed by atoms with Crippen LogP contribution in [0, 0.1) is 22.7 Å². The molecule has 17 aromatic rings. The van der Waals surface area contributed by atoms with Gasteiger partial charge in [-0.3, -0.25) is 9.13 Å². The zero-order chi connectivity index (χ0) is 68.8. The zero-order valence-electron chi connectivity index (χ0n) is 55.8. The van der Waals surface area contributed by atoms with Gasteiger partial charge in [0.15, 0.2) is 0 Å². The van der Waals surface area contributed by atoms with E-state index in [1.54, 1.807) is 0 Å².